The standard InChI is InChI=1S/C19H15NO4/c21-13-6-4-11(17(22)9-13)10-20-12-5-7-15-14-2-1-3-16(14)19(23)24-18(15)8-12/h4-10,21-22H,1-3H2. The van der Waals surface area contributed by atoms with Gasteiger partial charge in [-0.05, 0) is 49.1 Å². The minimum absolute atomic E-state index is 0.00835. The van der Waals surface area contributed by atoms with E-state index in [0.29, 0.717) is 16.8 Å². The summed E-state index contributed by atoms with van der Waals surface area (Å²) in [5.74, 6) is -0.0603. The molecular formula is C19H15NO4. The van der Waals surface area contributed by atoms with Crippen LogP contribution in [0.5, 0.6) is 11.5 Å². The van der Waals surface area contributed by atoms with E-state index in [1.807, 2.05) is 12.1 Å². The summed E-state index contributed by atoms with van der Waals surface area (Å²) in [7, 11) is 0. The molecule has 2 N–H and O–H groups in total. The van der Waals surface area contributed by atoms with E-state index in [0.717, 1.165) is 35.8 Å². The van der Waals surface area contributed by atoms with Gasteiger partial charge in [0, 0.05) is 34.9 Å². The summed E-state index contributed by atoms with van der Waals surface area (Å²) in [6, 6.07) is 9.81. The van der Waals surface area contributed by atoms with Gasteiger partial charge in [-0.1, -0.05) is 0 Å². The second kappa shape index (κ2) is 5.53. The van der Waals surface area contributed by atoms with E-state index in [-0.39, 0.29) is 17.1 Å². The predicted molar refractivity (Wildman–Crippen MR) is 91.5 cm³/mol. The van der Waals surface area contributed by atoms with Gasteiger partial charge < -0.3 is 14.6 Å². The fourth-order valence-electron chi connectivity index (χ4n) is 3.14. The molecule has 4 rings (SSSR count). The van der Waals surface area contributed by atoms with Crippen molar-refractivity contribution in [1.29, 1.82) is 0 Å². The second-order valence-electron chi connectivity index (χ2n) is 5.88. The molecule has 5 heteroatoms. The fraction of sp³-hybridized carbons (Fsp3) is 0.158. The molecule has 1 heterocycles. The van der Waals surface area contributed by atoms with Crippen LogP contribution in [0.2, 0.25) is 0 Å². The Bertz CT molecular complexity index is 1030. The van der Waals surface area contributed by atoms with Crippen LogP contribution in [-0.4, -0.2) is 16.4 Å². The normalized spacial score (nSPS) is 13.7. The molecule has 0 unspecified atom stereocenters. The maximum atomic E-state index is 12.0. The summed E-state index contributed by atoms with van der Waals surface area (Å²) in [6.07, 6.45) is 4.18. The molecule has 0 spiro atoms. The SMILES string of the molecule is O=c1oc2cc(N=Cc3ccc(O)cc3O)ccc2c2c1CCC2. The molecule has 1 aromatic heterocycles. The molecular weight excluding hydrogens is 306 g/mol. The van der Waals surface area contributed by atoms with Crippen LogP contribution >= 0.6 is 0 Å². The highest BCUT2D eigenvalue weighted by Crippen LogP contribution is 2.30. The molecule has 1 aliphatic carbocycles. The highest BCUT2D eigenvalue weighted by molar-refractivity contribution is 5.88. The van der Waals surface area contributed by atoms with Crippen LogP contribution in [0.15, 0.2) is 50.6 Å². The first-order valence-electron chi connectivity index (χ1n) is 7.76. The van der Waals surface area contributed by atoms with Crippen molar-refractivity contribution in [1.82, 2.24) is 0 Å². The largest absolute Gasteiger partial charge is 0.508 e. The predicted octanol–water partition coefficient (Wildman–Crippen LogP) is 3.44. The lowest BCUT2D eigenvalue weighted by Crippen LogP contribution is -2.06. The third kappa shape index (κ3) is 2.44. The smallest absolute Gasteiger partial charge is 0.339 e. The molecule has 0 saturated heterocycles. The van der Waals surface area contributed by atoms with Crippen molar-refractivity contribution in [3.8, 4) is 11.5 Å². The van der Waals surface area contributed by atoms with Gasteiger partial charge in [0.15, 0.2) is 0 Å². The Morgan fingerprint density at radius 1 is 1.04 bits per heavy atom. The number of benzene rings is 2. The summed E-state index contributed by atoms with van der Waals surface area (Å²) < 4.78 is 5.42. The van der Waals surface area contributed by atoms with Crippen molar-refractivity contribution in [3.05, 3.63) is 63.5 Å². The van der Waals surface area contributed by atoms with E-state index in [2.05, 4.69) is 4.99 Å². The van der Waals surface area contributed by atoms with E-state index in [1.54, 1.807) is 12.1 Å². The van der Waals surface area contributed by atoms with E-state index >= 15 is 0 Å². The minimum Gasteiger partial charge on any atom is -0.508 e. The Morgan fingerprint density at radius 2 is 1.88 bits per heavy atom. The van der Waals surface area contributed by atoms with Crippen LogP contribution < -0.4 is 5.63 Å². The van der Waals surface area contributed by atoms with Crippen molar-refractivity contribution in [3.63, 3.8) is 0 Å². The van der Waals surface area contributed by atoms with Crippen LogP contribution in [0.25, 0.3) is 11.0 Å². The summed E-state index contributed by atoms with van der Waals surface area (Å²) in [5, 5.41) is 20.0. The Labute approximate surface area is 137 Å². The molecule has 0 aliphatic heterocycles. The van der Waals surface area contributed by atoms with Gasteiger partial charge in [-0.25, -0.2) is 4.79 Å². The van der Waals surface area contributed by atoms with Gasteiger partial charge >= 0.3 is 5.63 Å². The van der Waals surface area contributed by atoms with E-state index in [1.165, 1.54) is 18.3 Å². The number of phenols is 2. The van der Waals surface area contributed by atoms with Crippen LogP contribution in [0, 0.1) is 0 Å². The van der Waals surface area contributed by atoms with E-state index in [4.69, 9.17) is 4.42 Å². The lowest BCUT2D eigenvalue weighted by Gasteiger charge is -2.04. The zero-order chi connectivity index (χ0) is 16.7. The number of aryl methyl sites for hydroxylation is 1. The minimum atomic E-state index is -0.257. The summed E-state index contributed by atoms with van der Waals surface area (Å²) in [4.78, 5) is 16.3. The molecule has 5 nitrogen and oxygen atoms in total. The van der Waals surface area contributed by atoms with E-state index in [9.17, 15) is 15.0 Å². The number of aromatic hydroxyl groups is 2. The van der Waals surface area contributed by atoms with E-state index < -0.39 is 0 Å². The van der Waals surface area contributed by atoms with Gasteiger partial charge in [-0.15, -0.1) is 0 Å². The average Bonchev–Trinajstić information content (AvgIpc) is 3.04. The Morgan fingerprint density at radius 3 is 2.71 bits per heavy atom. The molecule has 3 aromatic rings. The van der Waals surface area contributed by atoms with Crippen LogP contribution in [0.4, 0.5) is 5.69 Å². The molecule has 0 fully saturated rings. The highest BCUT2D eigenvalue weighted by Gasteiger charge is 2.19. The second-order valence-corrected chi connectivity index (χ2v) is 5.88. The zero-order valence-electron chi connectivity index (χ0n) is 12.8. The first-order valence-corrected chi connectivity index (χ1v) is 7.76. The molecule has 1 aliphatic rings. The van der Waals surface area contributed by atoms with Gasteiger partial charge in [-0.3, -0.25) is 4.99 Å². The number of nitrogens with zero attached hydrogens (tertiary/aromatic N) is 1. The van der Waals surface area contributed by atoms with Gasteiger partial charge in [0.05, 0.1) is 5.69 Å². The van der Waals surface area contributed by atoms with Crippen molar-refractivity contribution in [2.24, 2.45) is 4.99 Å². The summed E-state index contributed by atoms with van der Waals surface area (Å²) in [5.41, 5.74) is 3.28. The van der Waals surface area contributed by atoms with Crippen molar-refractivity contribution in [2.45, 2.75) is 19.3 Å². The third-order valence-electron chi connectivity index (χ3n) is 4.32. The van der Waals surface area contributed by atoms with Gasteiger partial charge in [0.1, 0.15) is 17.1 Å². The highest BCUT2D eigenvalue weighted by atomic mass is 16.4. The maximum absolute atomic E-state index is 12.0. The Balaban J connectivity index is 1.74. The van der Waals surface area contributed by atoms with Gasteiger partial charge in [0.2, 0.25) is 0 Å². The lowest BCUT2D eigenvalue weighted by atomic mass is 10.1. The fourth-order valence-corrected chi connectivity index (χ4v) is 3.14. The molecule has 120 valence electrons. The lowest BCUT2D eigenvalue weighted by molar-refractivity contribution is 0.450. The molecule has 0 amide bonds. The van der Waals surface area contributed by atoms with Crippen LogP contribution in [-0.2, 0) is 12.8 Å². The number of aliphatic imine (C=N–C) groups is 1. The monoisotopic (exact) mass is 321 g/mol. The summed E-state index contributed by atoms with van der Waals surface area (Å²) in [6.45, 7) is 0. The number of fused-ring (bicyclic) bond motifs is 3. The number of phenolic OH excluding ortho intramolecular Hbond substituents is 2. The van der Waals surface area contributed by atoms with Crippen molar-refractivity contribution in [2.75, 3.05) is 0 Å². The van der Waals surface area contributed by atoms with Crippen molar-refractivity contribution >= 4 is 22.9 Å². The topological polar surface area (TPSA) is 83.0 Å². The first kappa shape index (κ1) is 14.5. The quantitative estimate of drug-likeness (QED) is 0.559. The van der Waals surface area contributed by atoms with Crippen LogP contribution in [0.3, 0.4) is 0 Å². The molecule has 0 bridgehead atoms. The first-order chi connectivity index (χ1) is 11.6. The zero-order valence-corrected chi connectivity index (χ0v) is 12.8. The van der Waals surface area contributed by atoms with Gasteiger partial charge in [-0.2, -0.15) is 0 Å². The molecule has 2 aromatic carbocycles. The number of hydrogen-bond acceptors (Lipinski definition) is 5. The molecule has 0 radical (unpaired) electrons. The molecule has 0 saturated carbocycles. The number of hydrogen-bond donors (Lipinski definition) is 2. The summed E-state index contributed by atoms with van der Waals surface area (Å²) >= 11 is 0. The Hall–Kier alpha value is -3.08. The van der Waals surface area contributed by atoms with Crippen molar-refractivity contribution < 1.29 is 14.6 Å². The van der Waals surface area contributed by atoms with Gasteiger partial charge in [0.25, 0.3) is 0 Å². The molecule has 0 atom stereocenters. The average molecular weight is 321 g/mol. The molecule has 24 heavy (non-hydrogen) atoms. The van der Waals surface area contributed by atoms with Crippen LogP contribution in [0.1, 0.15) is 23.1 Å². The Kier molecular flexibility index (Phi) is 3.34. The number of rotatable bonds is 2. The maximum Gasteiger partial charge on any atom is 0.339 e. The third-order valence-corrected chi connectivity index (χ3v) is 4.32.